The predicted molar refractivity (Wildman–Crippen MR) is 162 cm³/mol. The molecule has 6 rings (SSSR count). The van der Waals surface area contributed by atoms with Gasteiger partial charge in [-0.2, -0.15) is 0 Å². The van der Waals surface area contributed by atoms with Gasteiger partial charge in [0.1, 0.15) is 5.69 Å². The molecule has 3 aromatic carbocycles. The highest BCUT2D eigenvalue weighted by atomic mass is 16.7. The summed E-state index contributed by atoms with van der Waals surface area (Å²) in [6.07, 6.45) is 2.69. The maximum atomic E-state index is 12.8. The standard InChI is InChI=1S/C34H38N4O5/c1-22-31(19-38-16-4-5-27(38)21-40)42-34(43-32(22)25-12-10-24(20-39)11-13-25)26-14-8-23(9-15-26)17-36-33(41)30-18-35-28-6-2-3-7-29(28)37-30/h2-3,6-15,18,22,27,31-32,34,39-40H,4-5,16-17,19-21H2,1H3,(H,36,41)/t22-,27+,31+,32+,34+/m1/s1. The number of ether oxygens (including phenoxy) is 2. The Morgan fingerprint density at radius 3 is 2.42 bits per heavy atom. The number of aromatic nitrogens is 2. The molecule has 9 nitrogen and oxygen atoms in total. The maximum Gasteiger partial charge on any atom is 0.271 e. The first-order chi connectivity index (χ1) is 21.0. The second-order valence-corrected chi connectivity index (χ2v) is 11.5. The fourth-order valence-electron chi connectivity index (χ4n) is 6.03. The number of carbonyl (C=O) groups excluding carboxylic acids is 1. The number of fused-ring (bicyclic) bond motifs is 1. The number of likely N-dealkylation sites (tertiary alicyclic amines) is 1. The Morgan fingerprint density at radius 2 is 1.67 bits per heavy atom. The minimum Gasteiger partial charge on any atom is -0.395 e. The minimum atomic E-state index is -0.574. The minimum absolute atomic E-state index is 0.00428. The molecule has 5 atom stereocenters. The highest BCUT2D eigenvalue weighted by Gasteiger charge is 2.40. The van der Waals surface area contributed by atoms with Crippen LogP contribution in [0, 0.1) is 5.92 Å². The van der Waals surface area contributed by atoms with Gasteiger partial charge in [0.05, 0.1) is 42.7 Å². The Balaban J connectivity index is 1.16. The average Bonchev–Trinajstić information content (AvgIpc) is 3.51. The van der Waals surface area contributed by atoms with Crippen molar-refractivity contribution in [3.63, 3.8) is 0 Å². The lowest BCUT2D eigenvalue weighted by molar-refractivity contribution is -0.276. The van der Waals surface area contributed by atoms with Crippen molar-refractivity contribution in [1.82, 2.24) is 20.2 Å². The molecule has 2 aliphatic rings. The summed E-state index contributed by atoms with van der Waals surface area (Å²) >= 11 is 0. The second kappa shape index (κ2) is 13.3. The first kappa shape index (κ1) is 29.3. The van der Waals surface area contributed by atoms with Crippen LogP contribution in [-0.4, -0.2) is 62.8 Å². The van der Waals surface area contributed by atoms with Gasteiger partial charge in [0, 0.05) is 30.6 Å². The molecule has 1 aromatic heterocycles. The summed E-state index contributed by atoms with van der Waals surface area (Å²) in [5.41, 5.74) is 5.43. The Bertz CT molecular complexity index is 1530. The van der Waals surface area contributed by atoms with E-state index in [0.717, 1.165) is 53.7 Å². The third kappa shape index (κ3) is 6.61. The van der Waals surface area contributed by atoms with Crippen LogP contribution in [0.5, 0.6) is 0 Å². The van der Waals surface area contributed by atoms with E-state index in [4.69, 9.17) is 9.47 Å². The van der Waals surface area contributed by atoms with Crippen LogP contribution in [-0.2, 0) is 22.6 Å². The summed E-state index contributed by atoms with van der Waals surface area (Å²) in [4.78, 5) is 23.8. The number of carbonyl (C=O) groups is 1. The van der Waals surface area contributed by atoms with Crippen LogP contribution in [0.4, 0.5) is 0 Å². The zero-order chi connectivity index (χ0) is 29.8. The fourth-order valence-corrected chi connectivity index (χ4v) is 6.03. The lowest BCUT2D eigenvalue weighted by Gasteiger charge is -2.43. The SMILES string of the molecule is C[C@@H]1[C@H](CN2CCC[C@H]2CO)O[C@H](c2ccc(CNC(=O)c3cnc4ccccc4n3)cc2)O[C@@H]1c1ccc(CO)cc1. The molecular formula is C34H38N4O5. The number of nitrogens with zero attached hydrogens (tertiary/aromatic N) is 3. The zero-order valence-electron chi connectivity index (χ0n) is 24.3. The van der Waals surface area contributed by atoms with Gasteiger partial charge in [-0.3, -0.25) is 14.7 Å². The van der Waals surface area contributed by atoms with Crippen LogP contribution in [0.3, 0.4) is 0 Å². The van der Waals surface area contributed by atoms with Crippen LogP contribution >= 0.6 is 0 Å². The van der Waals surface area contributed by atoms with Crippen molar-refractivity contribution in [3.8, 4) is 0 Å². The summed E-state index contributed by atoms with van der Waals surface area (Å²) in [5.74, 6) is -0.208. The Labute approximate surface area is 251 Å². The number of benzene rings is 3. The number of rotatable bonds is 9. The van der Waals surface area contributed by atoms with Crippen molar-refractivity contribution < 1.29 is 24.5 Å². The predicted octanol–water partition coefficient (Wildman–Crippen LogP) is 4.30. The van der Waals surface area contributed by atoms with Gasteiger partial charge in [0.15, 0.2) is 6.29 Å². The summed E-state index contributed by atoms with van der Waals surface area (Å²) in [6, 6.07) is 23.4. The Morgan fingerprint density at radius 1 is 0.953 bits per heavy atom. The third-order valence-corrected chi connectivity index (χ3v) is 8.63. The van der Waals surface area contributed by atoms with Crippen LogP contribution in [0.2, 0.25) is 0 Å². The summed E-state index contributed by atoms with van der Waals surface area (Å²) in [6.45, 7) is 4.32. The molecule has 0 spiro atoms. The molecule has 3 heterocycles. The number of aliphatic hydroxyl groups is 2. The van der Waals surface area contributed by atoms with Gasteiger partial charge in [0.25, 0.3) is 5.91 Å². The molecule has 3 N–H and O–H groups in total. The van der Waals surface area contributed by atoms with Crippen molar-refractivity contribution in [2.75, 3.05) is 19.7 Å². The van der Waals surface area contributed by atoms with Crippen molar-refractivity contribution in [2.45, 2.75) is 57.5 Å². The zero-order valence-corrected chi connectivity index (χ0v) is 24.3. The molecule has 4 aromatic rings. The molecule has 43 heavy (non-hydrogen) atoms. The second-order valence-electron chi connectivity index (χ2n) is 11.5. The quantitative estimate of drug-likeness (QED) is 0.268. The van der Waals surface area contributed by atoms with Crippen LogP contribution in [0.25, 0.3) is 11.0 Å². The van der Waals surface area contributed by atoms with Crippen LogP contribution in [0.1, 0.15) is 64.9 Å². The monoisotopic (exact) mass is 582 g/mol. The summed E-state index contributed by atoms with van der Waals surface area (Å²) in [5, 5.41) is 22.3. The van der Waals surface area contributed by atoms with E-state index in [1.807, 2.05) is 72.8 Å². The van der Waals surface area contributed by atoms with E-state index < -0.39 is 6.29 Å². The molecule has 9 heteroatoms. The number of hydrogen-bond acceptors (Lipinski definition) is 8. The maximum absolute atomic E-state index is 12.8. The number of nitrogens with one attached hydrogen (secondary N) is 1. The van der Waals surface area contributed by atoms with E-state index in [9.17, 15) is 15.0 Å². The van der Waals surface area contributed by atoms with E-state index in [1.54, 1.807) is 0 Å². The molecule has 0 saturated carbocycles. The van der Waals surface area contributed by atoms with E-state index in [1.165, 1.54) is 6.20 Å². The molecule has 0 unspecified atom stereocenters. The topological polar surface area (TPSA) is 117 Å². The van der Waals surface area contributed by atoms with E-state index in [0.29, 0.717) is 12.1 Å². The van der Waals surface area contributed by atoms with Gasteiger partial charge in [-0.1, -0.05) is 67.6 Å². The smallest absolute Gasteiger partial charge is 0.271 e. The van der Waals surface area contributed by atoms with Crippen LogP contribution < -0.4 is 5.32 Å². The van der Waals surface area contributed by atoms with Crippen molar-refractivity contribution >= 4 is 16.9 Å². The van der Waals surface area contributed by atoms with E-state index in [2.05, 4.69) is 27.1 Å². The number of aliphatic hydroxyl groups excluding tert-OH is 2. The van der Waals surface area contributed by atoms with Gasteiger partial charge in [-0.05, 0) is 48.2 Å². The summed E-state index contributed by atoms with van der Waals surface area (Å²) in [7, 11) is 0. The first-order valence-electron chi connectivity index (χ1n) is 15.0. The highest BCUT2D eigenvalue weighted by molar-refractivity contribution is 5.93. The number of amides is 1. The van der Waals surface area contributed by atoms with Crippen molar-refractivity contribution in [1.29, 1.82) is 0 Å². The van der Waals surface area contributed by atoms with Crippen molar-refractivity contribution in [3.05, 3.63) is 107 Å². The van der Waals surface area contributed by atoms with Gasteiger partial charge in [-0.25, -0.2) is 4.98 Å². The molecule has 224 valence electrons. The third-order valence-electron chi connectivity index (χ3n) is 8.63. The normalized spacial score (nSPS) is 24.3. The summed E-state index contributed by atoms with van der Waals surface area (Å²) < 4.78 is 13.2. The largest absolute Gasteiger partial charge is 0.395 e. The van der Waals surface area contributed by atoms with Crippen molar-refractivity contribution in [2.24, 2.45) is 5.92 Å². The molecule has 2 saturated heterocycles. The lowest BCUT2D eigenvalue weighted by Crippen LogP contribution is -2.46. The molecule has 0 radical (unpaired) electrons. The average molecular weight is 583 g/mol. The molecule has 2 aliphatic heterocycles. The Hall–Kier alpha value is -3.73. The lowest BCUT2D eigenvalue weighted by atomic mass is 9.90. The highest BCUT2D eigenvalue weighted by Crippen LogP contribution is 2.42. The molecule has 0 bridgehead atoms. The molecule has 1 amide bonds. The molecular weight excluding hydrogens is 544 g/mol. The van der Waals surface area contributed by atoms with Gasteiger partial charge >= 0.3 is 0 Å². The van der Waals surface area contributed by atoms with Crippen LogP contribution in [0.15, 0.2) is 79.0 Å². The first-order valence-corrected chi connectivity index (χ1v) is 15.0. The Kier molecular flexibility index (Phi) is 9.06. The number of para-hydroxylation sites is 2. The van der Waals surface area contributed by atoms with Gasteiger partial charge in [-0.15, -0.1) is 0 Å². The molecule has 2 fully saturated rings. The number of hydrogen-bond donors (Lipinski definition) is 3. The van der Waals surface area contributed by atoms with E-state index in [-0.39, 0.29) is 49.0 Å². The van der Waals surface area contributed by atoms with Gasteiger partial charge < -0.3 is 25.0 Å². The fraction of sp³-hybridized carbons (Fsp3) is 0.382. The van der Waals surface area contributed by atoms with E-state index >= 15 is 0 Å². The molecule has 0 aliphatic carbocycles. The van der Waals surface area contributed by atoms with Gasteiger partial charge in [0.2, 0.25) is 0 Å².